The summed E-state index contributed by atoms with van der Waals surface area (Å²) in [5, 5.41) is 3.33. The van der Waals surface area contributed by atoms with Crippen molar-refractivity contribution in [1.29, 1.82) is 0 Å². The van der Waals surface area contributed by atoms with E-state index in [9.17, 15) is 4.79 Å². The van der Waals surface area contributed by atoms with Crippen molar-refractivity contribution in [3.05, 3.63) is 33.5 Å². The molecule has 0 aromatic carbocycles. The fraction of sp³-hybridized carbons (Fsp3) is 0.462. The Labute approximate surface area is 106 Å². The van der Waals surface area contributed by atoms with E-state index in [1.54, 1.807) is 11.3 Å². The topological polar surface area (TPSA) is 38.3 Å². The highest BCUT2D eigenvalue weighted by Crippen LogP contribution is 2.17. The van der Waals surface area contributed by atoms with Crippen LogP contribution in [0.4, 0.5) is 0 Å². The minimum absolute atomic E-state index is 0.184. The van der Waals surface area contributed by atoms with Crippen LogP contribution in [0.1, 0.15) is 23.6 Å². The first kappa shape index (κ1) is 13.9. The lowest BCUT2D eigenvalue weighted by Gasteiger charge is -1.99. The van der Waals surface area contributed by atoms with Crippen LogP contribution in [0.3, 0.4) is 0 Å². The third-order valence-electron chi connectivity index (χ3n) is 2.22. The van der Waals surface area contributed by atoms with Gasteiger partial charge in [0.2, 0.25) is 0 Å². The fourth-order valence-electron chi connectivity index (χ4n) is 1.30. The van der Waals surface area contributed by atoms with Crippen LogP contribution < -0.4 is 5.32 Å². The van der Waals surface area contributed by atoms with E-state index < -0.39 is 0 Å². The average Bonchev–Trinajstić information content (AvgIpc) is 2.72. The predicted octanol–water partition coefficient (Wildman–Crippen LogP) is 2.52. The van der Waals surface area contributed by atoms with E-state index in [2.05, 4.69) is 36.0 Å². The molecule has 4 heteroatoms. The van der Waals surface area contributed by atoms with Crippen molar-refractivity contribution in [3.8, 4) is 0 Å². The predicted molar refractivity (Wildman–Crippen MR) is 71.2 cm³/mol. The van der Waals surface area contributed by atoms with E-state index in [0.717, 1.165) is 18.0 Å². The molecule has 0 fully saturated rings. The minimum Gasteiger partial charge on any atom is -0.469 e. The summed E-state index contributed by atoms with van der Waals surface area (Å²) in [6.07, 6.45) is 2.53. The summed E-state index contributed by atoms with van der Waals surface area (Å²) >= 11 is 1.65. The van der Waals surface area contributed by atoms with E-state index in [1.165, 1.54) is 17.6 Å². The summed E-state index contributed by atoms with van der Waals surface area (Å²) in [6.45, 7) is 5.89. The van der Waals surface area contributed by atoms with Crippen LogP contribution in [0.25, 0.3) is 0 Å². The summed E-state index contributed by atoms with van der Waals surface area (Å²) in [4.78, 5) is 13.4. The molecule has 1 aromatic rings. The summed E-state index contributed by atoms with van der Waals surface area (Å²) in [6, 6.07) is 4.04. The van der Waals surface area contributed by atoms with Gasteiger partial charge in [0.05, 0.1) is 13.5 Å². The van der Waals surface area contributed by atoms with Gasteiger partial charge in [-0.3, -0.25) is 4.79 Å². The first-order chi connectivity index (χ1) is 8.11. The molecule has 1 heterocycles. The molecule has 94 valence electrons. The summed E-state index contributed by atoms with van der Waals surface area (Å²) in [5.74, 6) is -0.184. The second kappa shape index (κ2) is 7.25. The van der Waals surface area contributed by atoms with Gasteiger partial charge in [-0.1, -0.05) is 11.6 Å². The molecule has 0 aliphatic rings. The molecule has 1 rings (SSSR count). The van der Waals surface area contributed by atoms with Crippen molar-refractivity contribution in [2.75, 3.05) is 13.7 Å². The van der Waals surface area contributed by atoms with E-state index in [0.29, 0.717) is 6.42 Å². The zero-order chi connectivity index (χ0) is 12.7. The molecule has 0 unspecified atom stereocenters. The van der Waals surface area contributed by atoms with Gasteiger partial charge in [0, 0.05) is 22.8 Å². The maximum absolute atomic E-state index is 11.1. The number of ether oxygens (including phenoxy) is 1. The Morgan fingerprint density at radius 3 is 2.76 bits per heavy atom. The Kier molecular flexibility index (Phi) is 5.94. The maximum atomic E-state index is 11.1. The van der Waals surface area contributed by atoms with Gasteiger partial charge in [0.15, 0.2) is 0 Å². The molecule has 0 spiro atoms. The normalized spacial score (nSPS) is 10.1. The molecule has 0 saturated carbocycles. The molecule has 0 aliphatic heterocycles. The number of allylic oxidation sites excluding steroid dienone is 1. The quantitative estimate of drug-likeness (QED) is 0.481. The number of hydrogen-bond acceptors (Lipinski definition) is 4. The Hall–Kier alpha value is -1.13. The summed E-state index contributed by atoms with van der Waals surface area (Å²) < 4.78 is 4.63. The van der Waals surface area contributed by atoms with Gasteiger partial charge < -0.3 is 10.1 Å². The number of carbonyl (C=O) groups excluding carboxylic acids is 1. The first-order valence-electron chi connectivity index (χ1n) is 5.60. The van der Waals surface area contributed by atoms with Crippen LogP contribution in [0.15, 0.2) is 23.8 Å². The zero-order valence-corrected chi connectivity index (χ0v) is 11.4. The third kappa shape index (κ3) is 5.65. The van der Waals surface area contributed by atoms with Crippen LogP contribution in [0.2, 0.25) is 0 Å². The molecule has 0 aliphatic carbocycles. The van der Waals surface area contributed by atoms with Crippen molar-refractivity contribution in [2.24, 2.45) is 0 Å². The van der Waals surface area contributed by atoms with Gasteiger partial charge in [-0.25, -0.2) is 0 Å². The van der Waals surface area contributed by atoms with Gasteiger partial charge in [0.25, 0.3) is 0 Å². The van der Waals surface area contributed by atoms with E-state index in [1.807, 2.05) is 6.07 Å². The Morgan fingerprint density at radius 2 is 2.12 bits per heavy atom. The highest BCUT2D eigenvalue weighted by Gasteiger charge is 2.05. The van der Waals surface area contributed by atoms with Gasteiger partial charge in [-0.05, 0) is 26.0 Å². The largest absolute Gasteiger partial charge is 0.469 e. The zero-order valence-electron chi connectivity index (χ0n) is 10.6. The molecule has 0 amide bonds. The van der Waals surface area contributed by atoms with Gasteiger partial charge in [-0.15, -0.1) is 11.3 Å². The second-order valence-electron chi connectivity index (χ2n) is 4.03. The third-order valence-corrected chi connectivity index (χ3v) is 3.30. The van der Waals surface area contributed by atoms with Crippen LogP contribution >= 0.6 is 11.3 Å². The molecule has 0 atom stereocenters. The van der Waals surface area contributed by atoms with E-state index in [-0.39, 0.29) is 5.97 Å². The van der Waals surface area contributed by atoms with Crippen molar-refractivity contribution in [3.63, 3.8) is 0 Å². The molecule has 17 heavy (non-hydrogen) atoms. The number of carbonyl (C=O) groups is 1. The van der Waals surface area contributed by atoms with Crippen molar-refractivity contribution in [1.82, 2.24) is 5.32 Å². The average molecular weight is 253 g/mol. The standard InChI is InChI=1S/C13H19NO2S/c1-10(2)6-7-14-9-12-5-4-11(17-12)8-13(15)16-3/h4-6,14H,7-9H2,1-3H3. The second-order valence-corrected chi connectivity index (χ2v) is 5.29. The van der Waals surface area contributed by atoms with Crippen LogP contribution in [0, 0.1) is 0 Å². The lowest BCUT2D eigenvalue weighted by molar-refractivity contribution is -0.139. The van der Waals surface area contributed by atoms with E-state index >= 15 is 0 Å². The van der Waals surface area contributed by atoms with Crippen molar-refractivity contribution < 1.29 is 9.53 Å². The minimum atomic E-state index is -0.184. The van der Waals surface area contributed by atoms with Crippen LogP contribution in [-0.2, 0) is 22.5 Å². The molecule has 3 nitrogen and oxygen atoms in total. The summed E-state index contributed by atoms with van der Waals surface area (Å²) in [7, 11) is 1.41. The van der Waals surface area contributed by atoms with Gasteiger partial charge in [-0.2, -0.15) is 0 Å². The molecule has 0 radical (unpaired) electrons. The van der Waals surface area contributed by atoms with Crippen molar-refractivity contribution >= 4 is 17.3 Å². The highest BCUT2D eigenvalue weighted by molar-refractivity contribution is 7.12. The van der Waals surface area contributed by atoms with Gasteiger partial charge >= 0.3 is 5.97 Å². The monoisotopic (exact) mass is 253 g/mol. The molecule has 0 saturated heterocycles. The van der Waals surface area contributed by atoms with Crippen molar-refractivity contribution in [2.45, 2.75) is 26.8 Å². The number of esters is 1. The fourth-order valence-corrected chi connectivity index (χ4v) is 2.27. The maximum Gasteiger partial charge on any atom is 0.310 e. The molecule has 0 bridgehead atoms. The number of methoxy groups -OCH3 is 1. The summed E-state index contributed by atoms with van der Waals surface area (Å²) in [5.41, 5.74) is 1.31. The number of thiophene rings is 1. The first-order valence-corrected chi connectivity index (χ1v) is 6.42. The number of rotatable bonds is 6. The Balaban J connectivity index is 2.35. The van der Waals surface area contributed by atoms with Crippen LogP contribution in [-0.4, -0.2) is 19.6 Å². The molecule has 1 N–H and O–H groups in total. The molecule has 1 aromatic heterocycles. The Morgan fingerprint density at radius 1 is 1.41 bits per heavy atom. The van der Waals surface area contributed by atoms with Gasteiger partial charge in [0.1, 0.15) is 0 Å². The lowest BCUT2D eigenvalue weighted by atomic mass is 10.3. The lowest BCUT2D eigenvalue weighted by Crippen LogP contribution is -2.11. The SMILES string of the molecule is COC(=O)Cc1ccc(CNCC=C(C)C)s1. The highest BCUT2D eigenvalue weighted by atomic mass is 32.1. The van der Waals surface area contributed by atoms with E-state index in [4.69, 9.17) is 0 Å². The van der Waals surface area contributed by atoms with Crippen LogP contribution in [0.5, 0.6) is 0 Å². The molecular formula is C13H19NO2S. The smallest absolute Gasteiger partial charge is 0.310 e. The molecular weight excluding hydrogens is 234 g/mol. The Bertz CT molecular complexity index is 392. The number of hydrogen-bond donors (Lipinski definition) is 1. The number of nitrogens with one attached hydrogen (secondary N) is 1.